The van der Waals surface area contributed by atoms with Crippen LogP contribution in [0.25, 0.3) is 0 Å². The molecule has 0 aromatic heterocycles. The van der Waals surface area contributed by atoms with Gasteiger partial charge in [-0.25, -0.2) is 9.36 Å². The van der Waals surface area contributed by atoms with Gasteiger partial charge in [-0.2, -0.15) is 18.3 Å². The lowest BCUT2D eigenvalue weighted by atomic mass is 9.91. The van der Waals surface area contributed by atoms with Crippen molar-refractivity contribution in [3.63, 3.8) is 0 Å². The first kappa shape index (κ1) is 20.6. The highest BCUT2D eigenvalue weighted by molar-refractivity contribution is 7.51. The van der Waals surface area contributed by atoms with E-state index in [4.69, 9.17) is 9.05 Å². The maximum atomic E-state index is 13.8. The fourth-order valence-electron chi connectivity index (χ4n) is 2.22. The molecule has 0 fully saturated rings. The highest BCUT2D eigenvalue weighted by Gasteiger charge is 2.70. The zero-order chi connectivity index (χ0) is 18.8. The molecule has 8 nitrogen and oxygen atoms in total. The van der Waals surface area contributed by atoms with Gasteiger partial charge in [0.15, 0.2) is 0 Å². The maximum Gasteiger partial charge on any atom is 0.420 e. The smallest absolute Gasteiger partial charge is 0.420 e. The van der Waals surface area contributed by atoms with Gasteiger partial charge in [-0.05, 0) is 20.8 Å². The number of hydrogen-bond acceptors (Lipinski definition) is 6. The first-order valence-corrected chi connectivity index (χ1v) is 8.39. The number of alkyl halides is 3. The second-order valence-electron chi connectivity index (χ2n) is 4.64. The van der Waals surface area contributed by atoms with Crippen molar-refractivity contribution in [1.82, 2.24) is 10.4 Å². The third-order valence-electron chi connectivity index (χ3n) is 3.11. The van der Waals surface area contributed by atoms with Crippen LogP contribution >= 0.6 is 7.75 Å². The van der Waals surface area contributed by atoms with Crippen molar-refractivity contribution in [2.24, 2.45) is 0 Å². The third kappa shape index (κ3) is 3.49. The normalized spacial score (nSPS) is 21.9. The Balaban J connectivity index is 3.57. The van der Waals surface area contributed by atoms with Gasteiger partial charge < -0.3 is 10.1 Å². The van der Waals surface area contributed by atoms with Crippen LogP contribution in [0.3, 0.4) is 0 Å². The van der Waals surface area contributed by atoms with Crippen LogP contribution in [0.2, 0.25) is 0 Å². The molecule has 0 saturated carbocycles. The molecule has 0 spiro atoms. The Bertz CT molecular complexity index is 596. The number of esters is 1. The number of carbonyl (C=O) groups excluding carboxylic acids is 2. The van der Waals surface area contributed by atoms with Crippen LogP contribution in [0.5, 0.6) is 0 Å². The van der Waals surface area contributed by atoms with E-state index in [-0.39, 0.29) is 18.9 Å². The summed E-state index contributed by atoms with van der Waals surface area (Å²) in [5, 5.41) is 3.52. The predicted octanol–water partition coefficient (Wildman–Crippen LogP) is 1.64. The Morgan fingerprint density at radius 3 is 2.17 bits per heavy atom. The third-order valence-corrected chi connectivity index (χ3v) is 4.91. The number of rotatable bonds is 7. The molecular formula is C12H18F3N2O6P. The SMILES string of the molecule is CCOP(=O)(N[C@@]1(C(F)(F)F)C(=O)NC(C)=C1C(=O)OC)OCC. The lowest BCUT2D eigenvalue weighted by Crippen LogP contribution is -2.63. The number of nitrogens with one attached hydrogen (secondary N) is 2. The quantitative estimate of drug-likeness (QED) is 0.516. The molecule has 0 aromatic carbocycles. The van der Waals surface area contributed by atoms with Crippen molar-refractivity contribution in [2.75, 3.05) is 20.3 Å². The van der Waals surface area contributed by atoms with Crippen LogP contribution in [0.4, 0.5) is 13.2 Å². The number of allylic oxidation sites excluding steroid dienone is 1. The molecule has 0 saturated heterocycles. The van der Waals surface area contributed by atoms with E-state index < -0.39 is 36.9 Å². The van der Waals surface area contributed by atoms with Crippen LogP contribution in [0.15, 0.2) is 11.3 Å². The number of hydrogen-bond donors (Lipinski definition) is 2. The molecule has 1 heterocycles. The minimum Gasteiger partial charge on any atom is -0.466 e. The van der Waals surface area contributed by atoms with Gasteiger partial charge >= 0.3 is 19.9 Å². The average molecular weight is 374 g/mol. The minimum absolute atomic E-state index is 0.254. The van der Waals surface area contributed by atoms with E-state index in [0.29, 0.717) is 0 Å². The molecule has 0 unspecified atom stereocenters. The maximum absolute atomic E-state index is 13.8. The molecule has 1 atom stereocenters. The van der Waals surface area contributed by atoms with Crippen LogP contribution in [0.1, 0.15) is 20.8 Å². The Hall–Kier alpha value is -1.42. The number of amides is 1. The molecule has 1 aliphatic rings. The number of carbonyl (C=O) groups is 2. The van der Waals surface area contributed by atoms with Crippen LogP contribution in [-0.2, 0) is 27.9 Å². The van der Waals surface area contributed by atoms with E-state index in [1.807, 2.05) is 5.32 Å². The number of halogens is 3. The first-order valence-electron chi connectivity index (χ1n) is 6.85. The second kappa shape index (κ2) is 7.22. The number of methoxy groups -OCH3 is 1. The topological polar surface area (TPSA) is 103 Å². The standard InChI is InChI=1S/C12H18F3N2O6P/c1-5-22-24(20,23-6-2)17-11(12(13,14)15)8(9(18)21-4)7(3)16-10(11)19/h5-6H2,1-4H3,(H,16,19)(H,17,20)/t11-/m1/s1. The molecule has 0 aliphatic carbocycles. The lowest BCUT2D eigenvalue weighted by molar-refractivity contribution is -0.188. The molecule has 24 heavy (non-hydrogen) atoms. The highest BCUT2D eigenvalue weighted by Crippen LogP contribution is 2.52. The minimum atomic E-state index is -5.33. The lowest BCUT2D eigenvalue weighted by Gasteiger charge is -2.34. The van der Waals surface area contributed by atoms with E-state index in [1.54, 1.807) is 5.09 Å². The van der Waals surface area contributed by atoms with Gasteiger partial charge in [0.2, 0.25) is 5.54 Å². The molecule has 0 aromatic rings. The van der Waals surface area contributed by atoms with Gasteiger partial charge in [0, 0.05) is 5.70 Å². The monoisotopic (exact) mass is 374 g/mol. The van der Waals surface area contributed by atoms with Crippen molar-refractivity contribution >= 4 is 19.6 Å². The summed E-state index contributed by atoms with van der Waals surface area (Å²) in [4.78, 5) is 23.9. The second-order valence-corrected chi connectivity index (χ2v) is 6.37. The summed E-state index contributed by atoms with van der Waals surface area (Å²) in [6.07, 6.45) is -5.33. The number of ether oxygens (including phenoxy) is 1. The van der Waals surface area contributed by atoms with Gasteiger partial charge in [0.05, 0.1) is 25.9 Å². The Morgan fingerprint density at radius 2 is 1.79 bits per heavy atom. The van der Waals surface area contributed by atoms with Crippen LogP contribution in [-0.4, -0.2) is 43.9 Å². The van der Waals surface area contributed by atoms with E-state index in [0.717, 1.165) is 14.0 Å². The summed E-state index contributed by atoms with van der Waals surface area (Å²) < 4.78 is 67.8. The summed E-state index contributed by atoms with van der Waals surface area (Å²) in [5.74, 6) is -3.04. The van der Waals surface area contributed by atoms with Crippen LogP contribution in [0, 0.1) is 0 Å². The summed E-state index contributed by atoms with van der Waals surface area (Å²) >= 11 is 0. The molecule has 1 amide bonds. The van der Waals surface area contributed by atoms with Gasteiger partial charge in [-0.1, -0.05) is 0 Å². The van der Waals surface area contributed by atoms with E-state index in [9.17, 15) is 27.3 Å². The van der Waals surface area contributed by atoms with E-state index in [1.165, 1.54) is 13.8 Å². The summed E-state index contributed by atoms with van der Waals surface area (Å²) in [6, 6.07) is 0. The van der Waals surface area contributed by atoms with Crippen molar-refractivity contribution in [3.05, 3.63) is 11.3 Å². The van der Waals surface area contributed by atoms with E-state index in [2.05, 4.69) is 4.74 Å². The van der Waals surface area contributed by atoms with Gasteiger partial charge in [0.25, 0.3) is 5.91 Å². The van der Waals surface area contributed by atoms with Crippen molar-refractivity contribution in [2.45, 2.75) is 32.5 Å². The summed E-state index contributed by atoms with van der Waals surface area (Å²) in [7, 11) is -3.70. The first-order chi connectivity index (χ1) is 11.0. The van der Waals surface area contributed by atoms with Crippen molar-refractivity contribution < 1.29 is 41.1 Å². The van der Waals surface area contributed by atoms with Gasteiger partial charge in [0.1, 0.15) is 0 Å². The molecule has 12 heteroatoms. The van der Waals surface area contributed by atoms with Gasteiger partial charge in [-0.3, -0.25) is 13.8 Å². The highest BCUT2D eigenvalue weighted by atomic mass is 31.2. The summed E-state index contributed by atoms with van der Waals surface area (Å²) in [6.45, 7) is 3.34. The molecule has 1 rings (SSSR count). The van der Waals surface area contributed by atoms with Crippen molar-refractivity contribution in [3.8, 4) is 0 Å². The predicted molar refractivity (Wildman–Crippen MR) is 75.6 cm³/mol. The van der Waals surface area contributed by atoms with E-state index >= 15 is 0 Å². The van der Waals surface area contributed by atoms with Crippen LogP contribution < -0.4 is 10.4 Å². The molecule has 1 aliphatic heterocycles. The molecule has 2 N–H and O–H groups in total. The Morgan fingerprint density at radius 1 is 1.29 bits per heavy atom. The van der Waals surface area contributed by atoms with Gasteiger partial charge in [-0.15, -0.1) is 0 Å². The molecule has 0 bridgehead atoms. The fourth-order valence-corrected chi connectivity index (χ4v) is 3.85. The zero-order valence-electron chi connectivity index (χ0n) is 13.4. The Labute approximate surface area is 136 Å². The zero-order valence-corrected chi connectivity index (χ0v) is 14.3. The summed E-state index contributed by atoms with van der Waals surface area (Å²) in [5.41, 5.74) is -5.05. The largest absolute Gasteiger partial charge is 0.466 e. The average Bonchev–Trinajstić information content (AvgIpc) is 2.69. The Kier molecular flexibility index (Phi) is 6.20. The molecular weight excluding hydrogens is 356 g/mol. The molecule has 0 radical (unpaired) electrons. The molecule has 138 valence electrons. The fraction of sp³-hybridized carbons (Fsp3) is 0.667. The van der Waals surface area contributed by atoms with Crippen molar-refractivity contribution in [1.29, 1.82) is 0 Å².